The Morgan fingerprint density at radius 1 is 1.30 bits per heavy atom. The summed E-state index contributed by atoms with van der Waals surface area (Å²) >= 11 is 0. The Morgan fingerprint density at radius 3 is 2.55 bits per heavy atom. The summed E-state index contributed by atoms with van der Waals surface area (Å²) in [4.78, 5) is 2.44. The van der Waals surface area contributed by atoms with Crippen LogP contribution in [0.3, 0.4) is 0 Å². The minimum atomic E-state index is 0.207. The molecular formula is C17H30N2O. The van der Waals surface area contributed by atoms with Crippen LogP contribution in [0.15, 0.2) is 23.0 Å². The van der Waals surface area contributed by atoms with E-state index in [1.54, 1.807) is 6.26 Å². The normalized spacial score (nSPS) is 18.9. The topological polar surface area (TPSA) is 28.4 Å². The van der Waals surface area contributed by atoms with Gasteiger partial charge in [0, 0.05) is 30.7 Å². The maximum absolute atomic E-state index is 5.16. The van der Waals surface area contributed by atoms with Crippen molar-refractivity contribution in [2.75, 3.05) is 20.1 Å². The van der Waals surface area contributed by atoms with Crippen molar-refractivity contribution in [1.29, 1.82) is 0 Å². The van der Waals surface area contributed by atoms with E-state index in [0.29, 0.717) is 5.41 Å². The van der Waals surface area contributed by atoms with Crippen molar-refractivity contribution in [3.63, 3.8) is 0 Å². The van der Waals surface area contributed by atoms with E-state index < -0.39 is 0 Å². The molecule has 0 aliphatic heterocycles. The van der Waals surface area contributed by atoms with Crippen LogP contribution in [0.1, 0.15) is 52.0 Å². The van der Waals surface area contributed by atoms with Crippen LogP contribution in [0.5, 0.6) is 0 Å². The molecule has 1 heterocycles. The van der Waals surface area contributed by atoms with Crippen molar-refractivity contribution < 1.29 is 4.42 Å². The fourth-order valence-corrected chi connectivity index (χ4v) is 3.29. The number of hydrogen-bond acceptors (Lipinski definition) is 3. The van der Waals surface area contributed by atoms with Crippen molar-refractivity contribution in [3.8, 4) is 0 Å². The first-order chi connectivity index (χ1) is 9.39. The molecule has 3 nitrogen and oxygen atoms in total. The summed E-state index contributed by atoms with van der Waals surface area (Å²) < 4.78 is 5.16. The molecule has 1 saturated carbocycles. The molecule has 1 aliphatic carbocycles. The molecule has 0 radical (unpaired) electrons. The highest BCUT2D eigenvalue weighted by Crippen LogP contribution is 2.38. The summed E-state index contributed by atoms with van der Waals surface area (Å²) in [6.07, 6.45) is 9.08. The van der Waals surface area contributed by atoms with E-state index >= 15 is 0 Å². The van der Waals surface area contributed by atoms with Gasteiger partial charge < -0.3 is 14.6 Å². The molecule has 1 aliphatic rings. The highest BCUT2D eigenvalue weighted by atomic mass is 16.3. The molecule has 0 atom stereocenters. The van der Waals surface area contributed by atoms with E-state index in [4.69, 9.17) is 4.42 Å². The van der Waals surface area contributed by atoms with Gasteiger partial charge in [-0.05, 0) is 52.1 Å². The minimum Gasteiger partial charge on any atom is -0.472 e. The molecule has 114 valence electrons. The molecule has 0 unspecified atom stereocenters. The fraction of sp³-hybridized carbons (Fsp3) is 0.765. The van der Waals surface area contributed by atoms with Crippen molar-refractivity contribution in [3.05, 3.63) is 24.2 Å². The van der Waals surface area contributed by atoms with Crippen LogP contribution in [0.25, 0.3) is 0 Å². The first-order valence-corrected chi connectivity index (χ1v) is 7.83. The zero-order valence-corrected chi connectivity index (χ0v) is 13.5. The highest BCUT2D eigenvalue weighted by molar-refractivity contribution is 5.05. The fourth-order valence-electron chi connectivity index (χ4n) is 3.29. The Kier molecular flexibility index (Phi) is 4.92. The molecule has 3 heteroatoms. The summed E-state index contributed by atoms with van der Waals surface area (Å²) in [5, 5.41) is 3.72. The van der Waals surface area contributed by atoms with Gasteiger partial charge in [0.25, 0.3) is 0 Å². The summed E-state index contributed by atoms with van der Waals surface area (Å²) in [5.74, 6) is 0. The van der Waals surface area contributed by atoms with Crippen LogP contribution in [-0.4, -0.2) is 30.6 Å². The van der Waals surface area contributed by atoms with Gasteiger partial charge in [-0.25, -0.2) is 0 Å². The molecule has 1 fully saturated rings. The maximum Gasteiger partial charge on any atom is 0.0947 e. The van der Waals surface area contributed by atoms with Gasteiger partial charge in [-0.3, -0.25) is 0 Å². The molecule has 2 rings (SSSR count). The average Bonchev–Trinajstić information content (AvgIpc) is 2.98. The van der Waals surface area contributed by atoms with Crippen molar-refractivity contribution in [2.45, 2.75) is 58.5 Å². The van der Waals surface area contributed by atoms with Crippen LogP contribution in [-0.2, 0) is 6.54 Å². The predicted octanol–water partition coefficient (Wildman–Crippen LogP) is 3.66. The Hall–Kier alpha value is -0.800. The molecule has 0 saturated heterocycles. The van der Waals surface area contributed by atoms with Gasteiger partial charge in [0.05, 0.1) is 12.5 Å². The van der Waals surface area contributed by atoms with E-state index in [-0.39, 0.29) is 5.54 Å². The zero-order chi connectivity index (χ0) is 14.6. The molecular weight excluding hydrogens is 248 g/mol. The minimum absolute atomic E-state index is 0.207. The standard InChI is InChI=1S/C17H30N2O/c1-16(2,3)18-13-17(8-5-6-9-17)14-19(4)11-15-7-10-20-12-15/h7,10,12,18H,5-6,8-9,11,13-14H2,1-4H3. The van der Waals surface area contributed by atoms with E-state index in [1.165, 1.54) is 37.8 Å². The summed E-state index contributed by atoms with van der Waals surface area (Å²) in [7, 11) is 2.23. The lowest BCUT2D eigenvalue weighted by molar-refractivity contribution is 0.156. The summed E-state index contributed by atoms with van der Waals surface area (Å²) in [5.41, 5.74) is 1.93. The number of furan rings is 1. The van der Waals surface area contributed by atoms with Crippen molar-refractivity contribution in [1.82, 2.24) is 10.2 Å². The van der Waals surface area contributed by atoms with Gasteiger partial charge in [0.15, 0.2) is 0 Å². The van der Waals surface area contributed by atoms with E-state index in [0.717, 1.165) is 13.1 Å². The Bertz CT molecular complexity index is 386. The van der Waals surface area contributed by atoms with Gasteiger partial charge in [0.2, 0.25) is 0 Å². The summed E-state index contributed by atoms with van der Waals surface area (Å²) in [6, 6.07) is 2.06. The molecule has 0 spiro atoms. The lowest BCUT2D eigenvalue weighted by Gasteiger charge is -2.36. The monoisotopic (exact) mass is 278 g/mol. The van der Waals surface area contributed by atoms with Crippen LogP contribution in [0.4, 0.5) is 0 Å². The maximum atomic E-state index is 5.16. The number of rotatable bonds is 6. The molecule has 0 aromatic carbocycles. The second-order valence-corrected chi connectivity index (χ2v) is 7.61. The third kappa shape index (κ3) is 4.64. The number of hydrogen-bond donors (Lipinski definition) is 1. The van der Waals surface area contributed by atoms with Crippen molar-refractivity contribution in [2.24, 2.45) is 5.41 Å². The Labute approximate surface area is 123 Å². The van der Waals surface area contributed by atoms with Crippen molar-refractivity contribution >= 4 is 0 Å². The van der Waals surface area contributed by atoms with Gasteiger partial charge >= 0.3 is 0 Å². The molecule has 20 heavy (non-hydrogen) atoms. The van der Waals surface area contributed by atoms with Gasteiger partial charge in [-0.1, -0.05) is 12.8 Å². The largest absolute Gasteiger partial charge is 0.472 e. The molecule has 1 N–H and O–H groups in total. The predicted molar refractivity (Wildman–Crippen MR) is 83.7 cm³/mol. The first-order valence-electron chi connectivity index (χ1n) is 7.83. The summed E-state index contributed by atoms with van der Waals surface area (Å²) in [6.45, 7) is 10.0. The number of nitrogens with zero attached hydrogens (tertiary/aromatic N) is 1. The van der Waals surface area contributed by atoms with Crippen LogP contribution in [0, 0.1) is 5.41 Å². The molecule has 0 amide bonds. The van der Waals surface area contributed by atoms with Crippen LogP contribution < -0.4 is 5.32 Å². The third-order valence-electron chi connectivity index (χ3n) is 4.30. The number of nitrogens with one attached hydrogen (secondary N) is 1. The second-order valence-electron chi connectivity index (χ2n) is 7.61. The third-order valence-corrected chi connectivity index (χ3v) is 4.30. The smallest absolute Gasteiger partial charge is 0.0947 e. The van der Waals surface area contributed by atoms with E-state index in [1.807, 2.05) is 6.26 Å². The second kappa shape index (κ2) is 6.31. The van der Waals surface area contributed by atoms with Gasteiger partial charge in [0.1, 0.15) is 0 Å². The Morgan fingerprint density at radius 2 is 2.00 bits per heavy atom. The van der Waals surface area contributed by atoms with E-state index in [2.05, 4.69) is 44.1 Å². The quantitative estimate of drug-likeness (QED) is 0.861. The SMILES string of the molecule is CN(Cc1ccoc1)CC1(CNC(C)(C)C)CCCC1. The van der Waals surface area contributed by atoms with Gasteiger partial charge in [-0.15, -0.1) is 0 Å². The molecule has 0 bridgehead atoms. The van der Waals surface area contributed by atoms with Crippen LogP contribution in [0.2, 0.25) is 0 Å². The zero-order valence-electron chi connectivity index (χ0n) is 13.5. The molecule has 1 aromatic heterocycles. The van der Waals surface area contributed by atoms with Gasteiger partial charge in [-0.2, -0.15) is 0 Å². The first kappa shape index (κ1) is 15.6. The van der Waals surface area contributed by atoms with E-state index in [9.17, 15) is 0 Å². The highest BCUT2D eigenvalue weighted by Gasteiger charge is 2.35. The lowest BCUT2D eigenvalue weighted by atomic mass is 9.84. The lowest BCUT2D eigenvalue weighted by Crippen LogP contribution is -2.47. The average molecular weight is 278 g/mol. The Balaban J connectivity index is 1.91. The van der Waals surface area contributed by atoms with Crippen LogP contribution >= 0.6 is 0 Å². The molecule has 1 aromatic rings.